The maximum Gasteiger partial charge on any atom is 0.251 e. The van der Waals surface area contributed by atoms with Crippen LogP contribution in [0.3, 0.4) is 0 Å². The van der Waals surface area contributed by atoms with Crippen LogP contribution in [0.15, 0.2) is 48.5 Å². The Bertz CT molecular complexity index is 671. The van der Waals surface area contributed by atoms with Crippen LogP contribution in [-0.2, 0) is 23.0 Å². The normalized spacial score (nSPS) is 11.9. The Morgan fingerprint density at radius 1 is 1.14 bits per heavy atom. The van der Waals surface area contributed by atoms with Crippen molar-refractivity contribution in [2.45, 2.75) is 12.2 Å². The molecule has 2 aromatic rings. The first kappa shape index (κ1) is 16.4. The minimum atomic E-state index is -0.933. The molecular weight excluding hydrogens is 301 g/mol. The molecule has 0 heterocycles. The zero-order valence-electron chi connectivity index (χ0n) is 12.3. The lowest BCUT2D eigenvalue weighted by Gasteiger charge is -2.07. The van der Waals surface area contributed by atoms with Gasteiger partial charge in [0.25, 0.3) is 5.91 Å². The first-order chi connectivity index (χ1) is 10.5. The van der Waals surface area contributed by atoms with Gasteiger partial charge >= 0.3 is 0 Å². The van der Waals surface area contributed by atoms with Gasteiger partial charge in [-0.05, 0) is 41.8 Å². The molecule has 0 aromatic heterocycles. The van der Waals surface area contributed by atoms with Gasteiger partial charge in [-0.2, -0.15) is 0 Å². The van der Waals surface area contributed by atoms with Crippen LogP contribution in [0.2, 0.25) is 0 Å². The first-order valence-electron chi connectivity index (χ1n) is 6.96. The Hall–Kier alpha value is -2.01. The van der Waals surface area contributed by atoms with E-state index in [0.717, 1.165) is 11.1 Å². The average Bonchev–Trinajstić information content (AvgIpc) is 2.49. The molecule has 0 spiro atoms. The molecule has 2 rings (SSSR count). The minimum Gasteiger partial charge on any atom is -0.352 e. The summed E-state index contributed by atoms with van der Waals surface area (Å²) in [4.78, 5) is 12.1. The van der Waals surface area contributed by atoms with Crippen molar-refractivity contribution in [2.24, 2.45) is 0 Å². The fraction of sp³-hybridized carbons (Fsp3) is 0.235. The van der Waals surface area contributed by atoms with Crippen LogP contribution in [0.1, 0.15) is 21.5 Å². The third-order valence-electron chi connectivity index (χ3n) is 3.17. The highest BCUT2D eigenvalue weighted by Crippen LogP contribution is 2.08. The summed E-state index contributed by atoms with van der Waals surface area (Å²) in [5, 5.41) is 2.83. The lowest BCUT2D eigenvalue weighted by atomic mass is 10.1. The van der Waals surface area contributed by atoms with Gasteiger partial charge in [0.05, 0.1) is 0 Å². The molecule has 0 fully saturated rings. The van der Waals surface area contributed by atoms with Crippen LogP contribution in [-0.4, -0.2) is 22.9 Å². The molecule has 2 aromatic carbocycles. The van der Waals surface area contributed by atoms with Crippen LogP contribution in [0.5, 0.6) is 0 Å². The van der Waals surface area contributed by atoms with Gasteiger partial charge in [0.1, 0.15) is 5.82 Å². The Labute approximate surface area is 132 Å². The molecule has 0 saturated heterocycles. The predicted molar refractivity (Wildman–Crippen MR) is 86.6 cm³/mol. The van der Waals surface area contributed by atoms with E-state index in [9.17, 15) is 13.4 Å². The average molecular weight is 319 g/mol. The molecular formula is C17H18FNO2S. The lowest BCUT2D eigenvalue weighted by molar-refractivity contribution is 0.0954. The minimum absolute atomic E-state index is 0.161. The van der Waals surface area contributed by atoms with Crippen molar-refractivity contribution in [1.82, 2.24) is 5.32 Å². The summed E-state index contributed by atoms with van der Waals surface area (Å²) in [7, 11) is -0.933. The van der Waals surface area contributed by atoms with Gasteiger partial charge < -0.3 is 5.32 Å². The molecule has 3 nitrogen and oxygen atoms in total. The molecule has 1 N–H and O–H groups in total. The van der Waals surface area contributed by atoms with Gasteiger partial charge in [0.2, 0.25) is 0 Å². The summed E-state index contributed by atoms with van der Waals surface area (Å²) in [6, 6.07) is 13.4. The number of benzene rings is 2. The van der Waals surface area contributed by atoms with Crippen molar-refractivity contribution < 1.29 is 13.4 Å². The second kappa shape index (κ2) is 7.84. The third kappa shape index (κ3) is 5.07. The van der Waals surface area contributed by atoms with Crippen molar-refractivity contribution in [1.29, 1.82) is 0 Å². The highest BCUT2D eigenvalue weighted by Gasteiger charge is 2.06. The molecule has 5 heteroatoms. The summed E-state index contributed by atoms with van der Waals surface area (Å²) < 4.78 is 24.0. The monoisotopic (exact) mass is 319 g/mol. The largest absolute Gasteiger partial charge is 0.352 e. The van der Waals surface area contributed by atoms with Crippen molar-refractivity contribution in [3.8, 4) is 0 Å². The van der Waals surface area contributed by atoms with Gasteiger partial charge in [-0.25, -0.2) is 4.39 Å². The second-order valence-electron chi connectivity index (χ2n) is 5.05. The summed E-state index contributed by atoms with van der Waals surface area (Å²) in [5.74, 6) is 0.0141. The number of carbonyl (C=O) groups is 1. The molecule has 1 atom stereocenters. The van der Waals surface area contributed by atoms with Gasteiger partial charge in [-0.3, -0.25) is 9.00 Å². The number of carbonyl (C=O) groups excluding carboxylic acids is 1. The SMILES string of the molecule is C[S@@](=O)Cc1cccc(C(=O)NCCc2ccc(F)cc2)c1. The Morgan fingerprint density at radius 3 is 2.55 bits per heavy atom. The molecule has 0 aliphatic heterocycles. The number of amides is 1. The lowest BCUT2D eigenvalue weighted by Crippen LogP contribution is -2.25. The predicted octanol–water partition coefficient (Wildman–Crippen LogP) is 2.68. The topological polar surface area (TPSA) is 46.2 Å². The van der Waals surface area contributed by atoms with Crippen molar-refractivity contribution in [2.75, 3.05) is 12.8 Å². The van der Waals surface area contributed by atoms with E-state index in [0.29, 0.717) is 24.3 Å². The van der Waals surface area contributed by atoms with E-state index in [-0.39, 0.29) is 11.7 Å². The summed E-state index contributed by atoms with van der Waals surface area (Å²) in [6.45, 7) is 0.481. The summed E-state index contributed by atoms with van der Waals surface area (Å²) in [5.41, 5.74) is 2.41. The molecule has 0 unspecified atom stereocenters. The van der Waals surface area contributed by atoms with Gasteiger partial charge in [-0.15, -0.1) is 0 Å². The molecule has 22 heavy (non-hydrogen) atoms. The van der Waals surface area contributed by atoms with Gasteiger partial charge in [0, 0.05) is 34.9 Å². The number of hydrogen-bond donors (Lipinski definition) is 1. The van der Waals surface area contributed by atoms with Crippen LogP contribution in [0.25, 0.3) is 0 Å². The second-order valence-corrected chi connectivity index (χ2v) is 6.49. The zero-order valence-corrected chi connectivity index (χ0v) is 13.2. The van der Waals surface area contributed by atoms with Crippen molar-refractivity contribution in [3.05, 3.63) is 71.0 Å². The molecule has 0 radical (unpaired) electrons. The number of hydrogen-bond acceptors (Lipinski definition) is 2. The maximum atomic E-state index is 12.8. The molecule has 0 saturated carbocycles. The Kier molecular flexibility index (Phi) is 5.83. The van der Waals surface area contributed by atoms with Crippen molar-refractivity contribution >= 4 is 16.7 Å². The third-order valence-corrected chi connectivity index (χ3v) is 3.91. The highest BCUT2D eigenvalue weighted by molar-refractivity contribution is 7.83. The smallest absolute Gasteiger partial charge is 0.251 e. The fourth-order valence-corrected chi connectivity index (χ4v) is 2.76. The van der Waals surface area contributed by atoms with Gasteiger partial charge in [-0.1, -0.05) is 24.3 Å². The maximum absolute atomic E-state index is 12.8. The van der Waals surface area contributed by atoms with E-state index in [1.54, 1.807) is 36.6 Å². The number of nitrogens with one attached hydrogen (secondary N) is 1. The van der Waals surface area contributed by atoms with E-state index < -0.39 is 10.8 Å². The molecule has 0 bridgehead atoms. The van der Waals surface area contributed by atoms with Crippen LogP contribution < -0.4 is 5.32 Å². The van der Waals surface area contributed by atoms with E-state index in [2.05, 4.69) is 5.32 Å². The fourth-order valence-electron chi connectivity index (χ4n) is 2.11. The molecule has 116 valence electrons. The number of rotatable bonds is 6. The zero-order chi connectivity index (χ0) is 15.9. The molecule has 0 aliphatic rings. The van der Waals surface area contributed by atoms with Crippen molar-refractivity contribution in [3.63, 3.8) is 0 Å². The molecule has 1 amide bonds. The van der Waals surface area contributed by atoms with E-state index in [1.165, 1.54) is 12.1 Å². The molecule has 0 aliphatic carbocycles. The summed E-state index contributed by atoms with van der Waals surface area (Å²) in [6.07, 6.45) is 2.28. The van der Waals surface area contributed by atoms with Gasteiger partial charge in [0.15, 0.2) is 0 Å². The summed E-state index contributed by atoms with van der Waals surface area (Å²) >= 11 is 0. The first-order valence-corrected chi connectivity index (χ1v) is 8.69. The van der Waals surface area contributed by atoms with E-state index in [1.807, 2.05) is 6.07 Å². The van der Waals surface area contributed by atoms with Crippen LogP contribution >= 0.6 is 0 Å². The van der Waals surface area contributed by atoms with Crippen LogP contribution in [0, 0.1) is 5.82 Å². The van der Waals surface area contributed by atoms with E-state index in [4.69, 9.17) is 0 Å². The Morgan fingerprint density at radius 2 is 1.86 bits per heavy atom. The van der Waals surface area contributed by atoms with E-state index >= 15 is 0 Å². The Balaban J connectivity index is 1.89. The highest BCUT2D eigenvalue weighted by atomic mass is 32.2. The standard InChI is InChI=1S/C17H18FNO2S/c1-22(21)12-14-3-2-4-15(11-14)17(20)19-10-9-13-5-7-16(18)8-6-13/h2-8,11H,9-10,12H2,1H3,(H,19,20)/t22-/m1/s1. The van der Waals surface area contributed by atoms with Crippen LogP contribution in [0.4, 0.5) is 4.39 Å². The number of halogens is 1. The quantitative estimate of drug-likeness (QED) is 0.890.